The van der Waals surface area contributed by atoms with Crippen LogP contribution in [0.1, 0.15) is 25.3 Å². The van der Waals surface area contributed by atoms with Gasteiger partial charge in [-0.1, -0.05) is 13.0 Å². The summed E-state index contributed by atoms with van der Waals surface area (Å²) < 4.78 is 7.13. The van der Waals surface area contributed by atoms with E-state index in [1.54, 1.807) is 10.9 Å². The second-order valence-electron chi connectivity index (χ2n) is 5.46. The summed E-state index contributed by atoms with van der Waals surface area (Å²) in [5.41, 5.74) is 2.05. The average Bonchev–Trinajstić information content (AvgIpc) is 2.51. The van der Waals surface area contributed by atoms with Gasteiger partial charge in [0, 0.05) is 19.8 Å². The summed E-state index contributed by atoms with van der Waals surface area (Å²) in [5.74, 6) is 0.523. The van der Waals surface area contributed by atoms with Crippen LogP contribution in [0, 0.1) is 5.92 Å². The fraction of sp³-hybridized carbons (Fsp3) is 0.500. The van der Waals surface area contributed by atoms with Crippen molar-refractivity contribution in [3.63, 3.8) is 0 Å². The lowest BCUT2D eigenvalue weighted by Crippen LogP contribution is -2.27. The molecular weight excluding hydrogens is 252 g/mol. The highest BCUT2D eigenvalue weighted by molar-refractivity contribution is 5.78. The van der Waals surface area contributed by atoms with Crippen molar-refractivity contribution in [2.24, 2.45) is 5.92 Å². The Morgan fingerprint density at radius 3 is 2.90 bits per heavy atom. The van der Waals surface area contributed by atoms with Gasteiger partial charge in [0.15, 0.2) is 0 Å². The molecule has 2 aromatic rings. The van der Waals surface area contributed by atoms with Crippen LogP contribution in [0.5, 0.6) is 0 Å². The van der Waals surface area contributed by atoms with Gasteiger partial charge in [-0.2, -0.15) is 0 Å². The molecule has 0 radical (unpaired) electrons. The molecule has 1 fully saturated rings. The monoisotopic (exact) mass is 272 g/mol. The predicted molar refractivity (Wildman–Crippen MR) is 78.9 cm³/mol. The van der Waals surface area contributed by atoms with Gasteiger partial charge in [0.25, 0.3) is 5.56 Å². The first-order chi connectivity index (χ1) is 9.78. The lowest BCUT2D eigenvalue weighted by atomic mass is 10.0. The molecule has 0 spiro atoms. The Hall–Kier alpha value is -1.68. The summed E-state index contributed by atoms with van der Waals surface area (Å²) in [6.45, 7) is 4.46. The molecule has 20 heavy (non-hydrogen) atoms. The minimum Gasteiger partial charge on any atom is -0.381 e. The van der Waals surface area contributed by atoms with E-state index in [-0.39, 0.29) is 5.56 Å². The van der Waals surface area contributed by atoms with Gasteiger partial charge in [-0.25, -0.2) is 4.98 Å². The molecule has 0 amide bonds. The van der Waals surface area contributed by atoms with Crippen molar-refractivity contribution >= 4 is 10.9 Å². The molecule has 4 nitrogen and oxygen atoms in total. The van der Waals surface area contributed by atoms with E-state index in [1.165, 1.54) is 5.56 Å². The second-order valence-corrected chi connectivity index (χ2v) is 5.46. The Morgan fingerprint density at radius 1 is 1.35 bits per heavy atom. The van der Waals surface area contributed by atoms with E-state index < -0.39 is 0 Å². The Balaban J connectivity index is 1.95. The van der Waals surface area contributed by atoms with Crippen LogP contribution in [-0.2, 0) is 17.7 Å². The van der Waals surface area contributed by atoms with E-state index in [9.17, 15) is 4.79 Å². The molecule has 3 rings (SSSR count). The molecule has 0 unspecified atom stereocenters. The normalized spacial score (nSPS) is 16.6. The minimum atomic E-state index is 0.0804. The van der Waals surface area contributed by atoms with E-state index in [0.29, 0.717) is 5.92 Å². The van der Waals surface area contributed by atoms with Crippen LogP contribution in [0.2, 0.25) is 0 Å². The molecule has 0 atom stereocenters. The van der Waals surface area contributed by atoms with Gasteiger partial charge in [-0.3, -0.25) is 9.36 Å². The van der Waals surface area contributed by atoms with Crippen LogP contribution in [-0.4, -0.2) is 22.8 Å². The summed E-state index contributed by atoms with van der Waals surface area (Å²) >= 11 is 0. The van der Waals surface area contributed by atoms with Crippen LogP contribution >= 0.6 is 0 Å². The third-order valence-corrected chi connectivity index (χ3v) is 4.09. The minimum absolute atomic E-state index is 0.0804. The summed E-state index contributed by atoms with van der Waals surface area (Å²) in [6, 6.07) is 5.96. The van der Waals surface area contributed by atoms with E-state index >= 15 is 0 Å². The van der Waals surface area contributed by atoms with Gasteiger partial charge in [0.05, 0.1) is 17.2 Å². The lowest BCUT2D eigenvalue weighted by Gasteiger charge is -2.22. The molecule has 0 N–H and O–H groups in total. The van der Waals surface area contributed by atoms with Gasteiger partial charge < -0.3 is 4.74 Å². The molecule has 1 aromatic heterocycles. The maximum atomic E-state index is 12.6. The van der Waals surface area contributed by atoms with Crippen molar-refractivity contribution in [1.29, 1.82) is 0 Å². The van der Waals surface area contributed by atoms with Crippen LogP contribution in [0.4, 0.5) is 0 Å². The summed E-state index contributed by atoms with van der Waals surface area (Å²) in [7, 11) is 0. The van der Waals surface area contributed by atoms with E-state index in [2.05, 4.69) is 11.9 Å². The van der Waals surface area contributed by atoms with Crippen molar-refractivity contribution in [2.45, 2.75) is 32.7 Å². The second kappa shape index (κ2) is 5.75. The highest BCUT2D eigenvalue weighted by atomic mass is 16.5. The highest BCUT2D eigenvalue weighted by Crippen LogP contribution is 2.17. The number of benzene rings is 1. The van der Waals surface area contributed by atoms with Crippen molar-refractivity contribution in [2.75, 3.05) is 13.2 Å². The highest BCUT2D eigenvalue weighted by Gasteiger charge is 2.15. The fourth-order valence-corrected chi connectivity index (χ4v) is 2.76. The molecule has 1 aliphatic heterocycles. The molecule has 0 bridgehead atoms. The third-order valence-electron chi connectivity index (χ3n) is 4.09. The number of rotatable bonds is 3. The number of hydrogen-bond donors (Lipinski definition) is 0. The van der Waals surface area contributed by atoms with Gasteiger partial charge >= 0.3 is 0 Å². The van der Waals surface area contributed by atoms with Gasteiger partial charge in [-0.15, -0.1) is 0 Å². The van der Waals surface area contributed by atoms with Crippen molar-refractivity contribution in [3.8, 4) is 0 Å². The van der Waals surface area contributed by atoms with Crippen LogP contribution in [0.15, 0.2) is 29.3 Å². The zero-order chi connectivity index (χ0) is 13.9. The number of ether oxygens (including phenoxy) is 1. The van der Waals surface area contributed by atoms with Gasteiger partial charge in [0.1, 0.15) is 0 Å². The van der Waals surface area contributed by atoms with Crippen molar-refractivity contribution in [1.82, 2.24) is 9.55 Å². The Kier molecular flexibility index (Phi) is 3.83. The maximum absolute atomic E-state index is 12.6. The van der Waals surface area contributed by atoms with Crippen molar-refractivity contribution in [3.05, 3.63) is 40.4 Å². The number of nitrogens with zero attached hydrogens (tertiary/aromatic N) is 2. The van der Waals surface area contributed by atoms with Crippen LogP contribution in [0.3, 0.4) is 0 Å². The zero-order valence-electron chi connectivity index (χ0n) is 11.8. The molecule has 2 heterocycles. The number of aromatic nitrogens is 2. The molecule has 106 valence electrons. The van der Waals surface area contributed by atoms with Gasteiger partial charge in [-0.05, 0) is 42.9 Å². The van der Waals surface area contributed by atoms with E-state index in [4.69, 9.17) is 4.74 Å². The summed E-state index contributed by atoms with van der Waals surface area (Å²) in [4.78, 5) is 17.0. The van der Waals surface area contributed by atoms with Gasteiger partial charge in [0.2, 0.25) is 0 Å². The Labute approximate surface area is 118 Å². The summed E-state index contributed by atoms with van der Waals surface area (Å²) in [5, 5.41) is 0.735. The van der Waals surface area contributed by atoms with Crippen LogP contribution < -0.4 is 5.56 Å². The number of fused-ring (bicyclic) bond motifs is 1. The average molecular weight is 272 g/mol. The standard InChI is InChI=1S/C16H20N2O2/c1-2-12-3-4-15-14(9-12)16(19)18(11-17-15)10-13-5-7-20-8-6-13/h3-4,9,11,13H,2,5-8,10H2,1H3. The topological polar surface area (TPSA) is 44.1 Å². The fourth-order valence-electron chi connectivity index (χ4n) is 2.76. The molecule has 0 aliphatic carbocycles. The first-order valence-corrected chi connectivity index (χ1v) is 7.33. The quantitative estimate of drug-likeness (QED) is 0.861. The predicted octanol–water partition coefficient (Wildman–Crippen LogP) is 2.39. The lowest BCUT2D eigenvalue weighted by molar-refractivity contribution is 0.0609. The molecule has 0 saturated carbocycles. The third kappa shape index (κ3) is 2.61. The SMILES string of the molecule is CCc1ccc2ncn(CC3CCOCC3)c(=O)c2c1. The smallest absolute Gasteiger partial charge is 0.261 e. The molecule has 1 aliphatic rings. The first kappa shape index (κ1) is 13.3. The maximum Gasteiger partial charge on any atom is 0.261 e. The van der Waals surface area contributed by atoms with Crippen LogP contribution in [0.25, 0.3) is 10.9 Å². The first-order valence-electron chi connectivity index (χ1n) is 7.33. The van der Waals surface area contributed by atoms with Crippen molar-refractivity contribution < 1.29 is 4.74 Å². The number of aryl methyl sites for hydroxylation is 1. The zero-order valence-corrected chi connectivity index (χ0v) is 11.8. The molecule has 1 saturated heterocycles. The molecular formula is C16H20N2O2. The van der Waals surface area contributed by atoms with E-state index in [1.807, 2.05) is 18.2 Å². The molecule has 4 heteroatoms. The Morgan fingerprint density at radius 2 is 2.15 bits per heavy atom. The number of hydrogen-bond acceptors (Lipinski definition) is 3. The Bertz CT molecular complexity index is 657. The molecule has 1 aromatic carbocycles. The van der Waals surface area contributed by atoms with E-state index in [0.717, 1.165) is 49.9 Å². The summed E-state index contributed by atoms with van der Waals surface area (Å²) in [6.07, 6.45) is 4.68. The largest absolute Gasteiger partial charge is 0.381 e.